The summed E-state index contributed by atoms with van der Waals surface area (Å²) in [5, 5.41) is 0. The number of benzene rings is 3. The van der Waals surface area contributed by atoms with E-state index in [0.717, 1.165) is 24.3 Å². The highest BCUT2D eigenvalue weighted by molar-refractivity contribution is 6.02. The van der Waals surface area contributed by atoms with Gasteiger partial charge in [-0.1, -0.05) is 20.8 Å². The summed E-state index contributed by atoms with van der Waals surface area (Å²) >= 11 is 0. The number of nitrogens with two attached hydrogens (primary N) is 1. The van der Waals surface area contributed by atoms with Gasteiger partial charge in [-0.25, -0.2) is 18.4 Å². The Morgan fingerprint density at radius 3 is 1.62 bits per heavy atom. The van der Waals surface area contributed by atoms with Crippen LogP contribution in [-0.2, 0) is 0 Å². The number of ketones is 1. The number of rotatable bonds is 10. The number of hydrogen-bond acceptors (Lipinski definition) is 8. The number of Topliss-reactive ketones (excluding diaryl/α,β-unsaturated/α-hetero) is 1. The molecule has 3 aromatic rings. The van der Waals surface area contributed by atoms with Gasteiger partial charge >= 0.3 is 11.9 Å². The maximum absolute atomic E-state index is 14.0. The SMILES string of the molecule is CCOc1ccc(F)cc1C(=O)Oc1ccc(C(=O)C(N)C(C)(C)C)cc1OC(=O)c1cc(F)ccc1OCC. The molecule has 0 amide bonds. The molecule has 0 saturated carbocycles. The molecule has 0 saturated heterocycles. The molecule has 212 valence electrons. The Morgan fingerprint density at radius 1 is 0.725 bits per heavy atom. The lowest BCUT2D eigenvalue weighted by molar-refractivity contribution is 0.0676. The third-order valence-electron chi connectivity index (χ3n) is 5.77. The van der Waals surface area contributed by atoms with E-state index in [1.54, 1.807) is 34.6 Å². The van der Waals surface area contributed by atoms with Crippen LogP contribution >= 0.6 is 0 Å². The van der Waals surface area contributed by atoms with Crippen molar-refractivity contribution >= 4 is 17.7 Å². The van der Waals surface area contributed by atoms with Crippen molar-refractivity contribution in [3.63, 3.8) is 0 Å². The second-order valence-electron chi connectivity index (χ2n) is 9.80. The van der Waals surface area contributed by atoms with E-state index in [0.29, 0.717) is 0 Å². The molecule has 0 spiro atoms. The fraction of sp³-hybridized carbons (Fsp3) is 0.300. The lowest BCUT2D eigenvalue weighted by Crippen LogP contribution is -2.42. The van der Waals surface area contributed by atoms with Crippen molar-refractivity contribution in [2.24, 2.45) is 11.1 Å². The third kappa shape index (κ3) is 7.20. The molecule has 8 nitrogen and oxygen atoms in total. The van der Waals surface area contributed by atoms with Crippen LogP contribution in [0.4, 0.5) is 8.78 Å². The quantitative estimate of drug-likeness (QED) is 0.191. The highest BCUT2D eigenvalue weighted by Gasteiger charge is 2.30. The molecule has 1 unspecified atom stereocenters. The van der Waals surface area contributed by atoms with Crippen LogP contribution in [0.2, 0.25) is 0 Å². The maximum atomic E-state index is 14.0. The molecule has 3 aromatic carbocycles. The third-order valence-corrected chi connectivity index (χ3v) is 5.77. The van der Waals surface area contributed by atoms with Gasteiger partial charge < -0.3 is 24.7 Å². The predicted octanol–water partition coefficient (Wildman–Crippen LogP) is 5.76. The standard InChI is InChI=1S/C30H31F2NO7/c1-6-37-22-12-9-18(31)15-20(22)28(35)39-24-11-8-17(26(34)27(33)30(3,4)5)14-25(24)40-29(36)21-16-19(32)10-13-23(21)38-7-2/h8-16,27H,6-7,33H2,1-5H3. The molecule has 40 heavy (non-hydrogen) atoms. The van der Waals surface area contributed by atoms with Crippen molar-refractivity contribution < 1.29 is 42.1 Å². The minimum atomic E-state index is -1.04. The Bertz CT molecular complexity index is 1420. The van der Waals surface area contributed by atoms with E-state index in [9.17, 15) is 23.2 Å². The summed E-state index contributed by atoms with van der Waals surface area (Å²) in [6, 6.07) is 9.59. The van der Waals surface area contributed by atoms with Crippen LogP contribution in [0, 0.1) is 17.0 Å². The normalized spacial score (nSPS) is 11.9. The Labute approximate surface area is 231 Å². The molecular weight excluding hydrogens is 524 g/mol. The van der Waals surface area contributed by atoms with Gasteiger partial charge in [0, 0.05) is 5.56 Å². The highest BCUT2D eigenvalue weighted by Crippen LogP contribution is 2.33. The maximum Gasteiger partial charge on any atom is 0.347 e. The van der Waals surface area contributed by atoms with Gasteiger partial charge in [0.1, 0.15) is 34.3 Å². The van der Waals surface area contributed by atoms with Crippen molar-refractivity contribution in [3.05, 3.63) is 82.9 Å². The molecule has 0 heterocycles. The topological polar surface area (TPSA) is 114 Å². The summed E-state index contributed by atoms with van der Waals surface area (Å²) in [4.78, 5) is 39.3. The summed E-state index contributed by atoms with van der Waals surface area (Å²) in [7, 11) is 0. The summed E-state index contributed by atoms with van der Waals surface area (Å²) in [5.41, 5.74) is 5.20. The fourth-order valence-corrected chi connectivity index (χ4v) is 3.59. The average Bonchev–Trinajstić information content (AvgIpc) is 2.90. The van der Waals surface area contributed by atoms with Crippen LogP contribution in [0.5, 0.6) is 23.0 Å². The Morgan fingerprint density at radius 2 is 1.18 bits per heavy atom. The molecule has 0 fully saturated rings. The lowest BCUT2D eigenvalue weighted by atomic mass is 9.83. The van der Waals surface area contributed by atoms with E-state index in [1.165, 1.54) is 30.3 Å². The molecule has 2 N–H and O–H groups in total. The largest absolute Gasteiger partial charge is 0.493 e. The zero-order chi connectivity index (χ0) is 29.6. The predicted molar refractivity (Wildman–Crippen MR) is 143 cm³/mol. The first-order chi connectivity index (χ1) is 18.8. The van der Waals surface area contributed by atoms with Crippen molar-refractivity contribution in [2.75, 3.05) is 13.2 Å². The number of esters is 2. The molecule has 1 atom stereocenters. The molecule has 0 aliphatic heterocycles. The van der Waals surface area contributed by atoms with E-state index in [2.05, 4.69) is 0 Å². The van der Waals surface area contributed by atoms with Gasteiger partial charge in [0.05, 0.1) is 19.3 Å². The molecule has 0 aliphatic carbocycles. The molecule has 0 aromatic heterocycles. The lowest BCUT2D eigenvalue weighted by Gasteiger charge is -2.26. The number of hydrogen-bond donors (Lipinski definition) is 1. The number of halogens is 2. The monoisotopic (exact) mass is 555 g/mol. The van der Waals surface area contributed by atoms with Gasteiger partial charge in [-0.15, -0.1) is 0 Å². The second kappa shape index (κ2) is 12.7. The van der Waals surface area contributed by atoms with Crippen molar-refractivity contribution in [1.82, 2.24) is 0 Å². The first-order valence-electron chi connectivity index (χ1n) is 12.6. The average molecular weight is 556 g/mol. The van der Waals surface area contributed by atoms with E-state index in [1.807, 2.05) is 0 Å². The fourth-order valence-electron chi connectivity index (χ4n) is 3.59. The van der Waals surface area contributed by atoms with Crippen molar-refractivity contribution in [1.29, 1.82) is 0 Å². The first kappa shape index (κ1) is 30.2. The van der Waals surface area contributed by atoms with Crippen molar-refractivity contribution in [2.45, 2.75) is 40.7 Å². The second-order valence-corrected chi connectivity index (χ2v) is 9.80. The van der Waals surface area contributed by atoms with E-state index >= 15 is 0 Å². The van der Waals surface area contributed by atoms with Crippen LogP contribution < -0.4 is 24.7 Å². The summed E-state index contributed by atoms with van der Waals surface area (Å²) in [5.74, 6) is -4.35. The van der Waals surface area contributed by atoms with Gasteiger partial charge in [-0.05, 0) is 73.9 Å². The van der Waals surface area contributed by atoms with Crippen LogP contribution in [0.1, 0.15) is 65.7 Å². The molecular formula is C30H31F2NO7. The summed E-state index contributed by atoms with van der Waals surface area (Å²) in [6.45, 7) is 9.15. The summed E-state index contributed by atoms with van der Waals surface area (Å²) < 4.78 is 49.7. The Balaban J connectivity index is 2.05. The van der Waals surface area contributed by atoms with Crippen LogP contribution in [0.15, 0.2) is 54.6 Å². The smallest absolute Gasteiger partial charge is 0.347 e. The van der Waals surface area contributed by atoms with Gasteiger partial charge in [0.25, 0.3) is 0 Å². The molecule has 0 aliphatic rings. The van der Waals surface area contributed by atoms with Crippen LogP contribution in [0.3, 0.4) is 0 Å². The molecule has 0 bridgehead atoms. The molecule has 3 rings (SSSR count). The Hall–Kier alpha value is -4.31. The minimum Gasteiger partial charge on any atom is -0.493 e. The van der Waals surface area contributed by atoms with E-state index < -0.39 is 40.8 Å². The number of carbonyl (C=O) groups is 3. The van der Waals surface area contributed by atoms with Gasteiger partial charge in [-0.2, -0.15) is 0 Å². The van der Waals surface area contributed by atoms with Gasteiger partial charge in [-0.3, -0.25) is 4.79 Å². The Kier molecular flexibility index (Phi) is 9.60. The van der Waals surface area contributed by atoms with Crippen LogP contribution in [-0.4, -0.2) is 37.0 Å². The zero-order valence-electron chi connectivity index (χ0n) is 22.9. The highest BCUT2D eigenvalue weighted by atomic mass is 19.1. The summed E-state index contributed by atoms with van der Waals surface area (Å²) in [6.07, 6.45) is 0. The van der Waals surface area contributed by atoms with E-state index in [4.69, 9.17) is 24.7 Å². The molecule has 0 radical (unpaired) electrons. The van der Waals surface area contributed by atoms with Gasteiger partial charge in [0.15, 0.2) is 17.3 Å². The minimum absolute atomic E-state index is 0.0653. The number of ether oxygens (including phenoxy) is 4. The van der Waals surface area contributed by atoms with Gasteiger partial charge in [0.2, 0.25) is 0 Å². The number of carbonyl (C=O) groups excluding carboxylic acids is 3. The molecule has 10 heteroatoms. The van der Waals surface area contributed by atoms with Crippen molar-refractivity contribution in [3.8, 4) is 23.0 Å². The van der Waals surface area contributed by atoms with Crippen LogP contribution in [0.25, 0.3) is 0 Å². The zero-order valence-corrected chi connectivity index (χ0v) is 22.9. The first-order valence-corrected chi connectivity index (χ1v) is 12.6. The van der Waals surface area contributed by atoms with E-state index in [-0.39, 0.29) is 52.9 Å².